The number of methoxy groups -OCH3 is 1. The minimum absolute atomic E-state index is 0. The van der Waals surface area contributed by atoms with Crippen molar-refractivity contribution in [1.29, 1.82) is 0 Å². The van der Waals surface area contributed by atoms with Crippen LogP contribution in [0.5, 0.6) is 5.75 Å². The molecular formula is C18H16FeO2. The van der Waals surface area contributed by atoms with Crippen molar-refractivity contribution in [2.24, 2.45) is 0 Å². The molecule has 3 heteroatoms. The third-order valence-electron chi connectivity index (χ3n) is 2.91. The molecule has 1 aliphatic rings. The molecular weight excluding hydrogens is 304 g/mol. The maximum atomic E-state index is 9.87. The summed E-state index contributed by atoms with van der Waals surface area (Å²) in [4.78, 5) is 0. The van der Waals surface area contributed by atoms with E-state index in [4.69, 9.17) is 4.74 Å². The van der Waals surface area contributed by atoms with Gasteiger partial charge in [-0.3, -0.25) is 0 Å². The second-order valence-electron chi connectivity index (χ2n) is 4.24. The molecule has 0 aliphatic heterocycles. The Kier molecular flexibility index (Phi) is 7.24. The molecule has 0 heterocycles. The quantitative estimate of drug-likeness (QED) is 0.482. The first kappa shape index (κ1) is 17.0. The van der Waals surface area contributed by atoms with Crippen LogP contribution in [-0.4, -0.2) is 7.11 Å². The summed E-state index contributed by atoms with van der Waals surface area (Å²) in [5, 5.41) is 9.87. The van der Waals surface area contributed by atoms with Crippen molar-refractivity contribution < 1.29 is 26.9 Å². The number of benzene rings is 1. The molecule has 2 aromatic carbocycles. The summed E-state index contributed by atoms with van der Waals surface area (Å²) in [6.45, 7) is 0. The monoisotopic (exact) mass is 320 g/mol. The fraction of sp³-hybridized carbons (Fsp3) is 0.0556. The first-order valence-electron chi connectivity index (χ1n) is 6.36. The smallest absolute Gasteiger partial charge is 0.877 e. The number of allylic oxidation sites excluding steroid dienone is 5. The van der Waals surface area contributed by atoms with Crippen LogP contribution in [0, 0.1) is 0 Å². The first-order valence-corrected chi connectivity index (χ1v) is 6.36. The topological polar surface area (TPSA) is 32.3 Å². The van der Waals surface area contributed by atoms with Gasteiger partial charge in [-0.05, 0) is 5.57 Å². The summed E-state index contributed by atoms with van der Waals surface area (Å²) in [6.07, 6.45) is 8.05. The second kappa shape index (κ2) is 8.96. The zero-order valence-corrected chi connectivity index (χ0v) is 12.8. The second-order valence-corrected chi connectivity index (χ2v) is 4.24. The van der Waals surface area contributed by atoms with Crippen molar-refractivity contribution in [1.82, 2.24) is 0 Å². The zero-order valence-electron chi connectivity index (χ0n) is 11.7. The molecule has 3 rings (SSSR count). The van der Waals surface area contributed by atoms with Crippen LogP contribution < -0.4 is 9.84 Å². The van der Waals surface area contributed by atoms with Crippen molar-refractivity contribution in [3.8, 4) is 16.9 Å². The van der Waals surface area contributed by atoms with E-state index in [0.29, 0.717) is 0 Å². The molecule has 0 saturated carbocycles. The molecule has 0 bridgehead atoms. The van der Waals surface area contributed by atoms with Crippen LogP contribution >= 0.6 is 0 Å². The van der Waals surface area contributed by atoms with Gasteiger partial charge in [0.05, 0.1) is 7.11 Å². The molecule has 2 aromatic rings. The van der Waals surface area contributed by atoms with Crippen molar-refractivity contribution in [2.75, 3.05) is 7.11 Å². The van der Waals surface area contributed by atoms with E-state index in [1.165, 1.54) is 11.1 Å². The molecule has 2 nitrogen and oxygen atoms in total. The predicted molar refractivity (Wildman–Crippen MR) is 80.4 cm³/mol. The van der Waals surface area contributed by atoms with Gasteiger partial charge in [0, 0.05) is 0 Å². The van der Waals surface area contributed by atoms with Gasteiger partial charge in [-0.15, -0.1) is 36.1 Å². The van der Waals surface area contributed by atoms with Crippen molar-refractivity contribution in [2.45, 2.75) is 0 Å². The van der Waals surface area contributed by atoms with Crippen LogP contribution in [0.2, 0.25) is 0 Å². The van der Waals surface area contributed by atoms with Gasteiger partial charge >= 0.3 is 17.1 Å². The summed E-state index contributed by atoms with van der Waals surface area (Å²) in [6, 6.07) is 16.4. The Morgan fingerprint density at radius 3 is 2.00 bits per heavy atom. The minimum Gasteiger partial charge on any atom is -0.877 e. The van der Waals surface area contributed by atoms with Gasteiger partial charge in [0.2, 0.25) is 0 Å². The molecule has 0 radical (unpaired) electrons. The van der Waals surface area contributed by atoms with Gasteiger partial charge in [0.1, 0.15) is 5.75 Å². The Hall–Kier alpha value is -2.09. The SMILES string of the molecule is COc1ccc(-[c-]2cccc2)cc1.[Fe+2].[O-]C=C1C=CC=C1. The molecule has 0 N–H and O–H groups in total. The maximum absolute atomic E-state index is 9.87. The van der Waals surface area contributed by atoms with Crippen LogP contribution in [0.25, 0.3) is 11.1 Å². The summed E-state index contributed by atoms with van der Waals surface area (Å²) >= 11 is 0. The Bertz CT molecular complexity index is 591. The third kappa shape index (κ3) is 5.07. The van der Waals surface area contributed by atoms with Gasteiger partial charge in [-0.2, -0.15) is 12.1 Å². The number of ether oxygens (including phenoxy) is 1. The van der Waals surface area contributed by atoms with Gasteiger partial charge in [-0.25, -0.2) is 0 Å². The Labute approximate surface area is 135 Å². The Balaban J connectivity index is 0.000000236. The molecule has 0 saturated heterocycles. The van der Waals surface area contributed by atoms with E-state index in [-0.39, 0.29) is 17.1 Å². The fourth-order valence-electron chi connectivity index (χ4n) is 1.82. The van der Waals surface area contributed by atoms with E-state index in [9.17, 15) is 5.11 Å². The summed E-state index contributed by atoms with van der Waals surface area (Å²) < 4.78 is 5.09. The van der Waals surface area contributed by atoms with E-state index < -0.39 is 0 Å². The van der Waals surface area contributed by atoms with Crippen molar-refractivity contribution in [3.05, 3.63) is 84.7 Å². The molecule has 0 spiro atoms. The average molecular weight is 320 g/mol. The summed E-state index contributed by atoms with van der Waals surface area (Å²) in [5.74, 6) is 0.898. The van der Waals surface area contributed by atoms with Crippen LogP contribution in [-0.2, 0) is 17.1 Å². The standard InChI is InChI=1S/C12H11O.C6H6O.Fe/c1-13-12-8-6-11(7-9-12)10-4-2-3-5-10;7-5-6-3-1-2-4-6;/h2-9H,1H3;1-5,7H;/q-1;;+2/p-1. The van der Waals surface area contributed by atoms with E-state index in [1.54, 1.807) is 19.3 Å². The largest absolute Gasteiger partial charge is 2.00 e. The molecule has 21 heavy (non-hydrogen) atoms. The summed E-state index contributed by atoms with van der Waals surface area (Å²) in [7, 11) is 1.68. The molecule has 0 fully saturated rings. The normalized spacial score (nSPS) is 11.4. The molecule has 1 aliphatic carbocycles. The number of hydrogen-bond donors (Lipinski definition) is 0. The predicted octanol–water partition coefficient (Wildman–Crippen LogP) is 3.44. The Morgan fingerprint density at radius 2 is 1.57 bits per heavy atom. The van der Waals surface area contributed by atoms with Crippen molar-refractivity contribution in [3.63, 3.8) is 0 Å². The zero-order chi connectivity index (χ0) is 14.2. The van der Waals surface area contributed by atoms with E-state index in [1.807, 2.05) is 36.4 Å². The van der Waals surface area contributed by atoms with Crippen LogP contribution in [0.4, 0.5) is 0 Å². The first-order chi connectivity index (χ1) is 9.83. The average Bonchev–Trinajstić information content (AvgIpc) is 3.21. The molecule has 0 amide bonds. The minimum atomic E-state index is 0. The van der Waals surface area contributed by atoms with E-state index in [2.05, 4.69) is 24.3 Å². The maximum Gasteiger partial charge on any atom is 2.00 e. The van der Waals surface area contributed by atoms with Gasteiger partial charge in [0.15, 0.2) is 0 Å². The van der Waals surface area contributed by atoms with Gasteiger partial charge in [0.25, 0.3) is 0 Å². The van der Waals surface area contributed by atoms with Crippen LogP contribution in [0.1, 0.15) is 0 Å². The van der Waals surface area contributed by atoms with Crippen LogP contribution in [0.15, 0.2) is 84.7 Å². The number of rotatable bonds is 2. The molecule has 108 valence electrons. The van der Waals surface area contributed by atoms with E-state index in [0.717, 1.165) is 17.6 Å². The van der Waals surface area contributed by atoms with E-state index >= 15 is 0 Å². The number of hydrogen-bond acceptors (Lipinski definition) is 2. The molecule has 0 aromatic heterocycles. The molecule has 0 unspecified atom stereocenters. The van der Waals surface area contributed by atoms with Gasteiger partial charge in [-0.1, -0.05) is 42.0 Å². The molecule has 0 atom stereocenters. The van der Waals surface area contributed by atoms with Gasteiger partial charge < -0.3 is 9.84 Å². The van der Waals surface area contributed by atoms with Crippen molar-refractivity contribution >= 4 is 0 Å². The Morgan fingerprint density at radius 1 is 1.00 bits per heavy atom. The van der Waals surface area contributed by atoms with Crippen LogP contribution in [0.3, 0.4) is 0 Å². The third-order valence-corrected chi connectivity index (χ3v) is 2.91. The fourth-order valence-corrected chi connectivity index (χ4v) is 1.82. The summed E-state index contributed by atoms with van der Waals surface area (Å²) in [5.41, 5.74) is 3.23.